The number of anilines is 1. The molecule has 0 heterocycles. The molecule has 20 heavy (non-hydrogen) atoms. The molecule has 0 aliphatic carbocycles. The lowest BCUT2D eigenvalue weighted by Crippen LogP contribution is -1.93. The fourth-order valence-corrected chi connectivity index (χ4v) is 1.59. The van der Waals surface area contributed by atoms with Gasteiger partial charge in [0.2, 0.25) is 0 Å². The van der Waals surface area contributed by atoms with Gasteiger partial charge < -0.3 is 5.11 Å². The number of nitro groups is 1. The number of nitro benzene ring substituents is 1. The van der Waals surface area contributed by atoms with Crippen molar-refractivity contribution < 1.29 is 10.0 Å². The van der Waals surface area contributed by atoms with E-state index in [0.29, 0.717) is 10.7 Å². The summed E-state index contributed by atoms with van der Waals surface area (Å²) in [4.78, 5) is 10.1. The van der Waals surface area contributed by atoms with Crippen molar-refractivity contribution in [3.8, 4) is 5.75 Å². The standard InChI is InChI=1S/C13H10ClN3O3/c14-10-1-3-11(4-2-10)16-15-8-9-7-12(17(19)20)5-6-13(9)18/h1-8,16,18H/b15-8-. The summed E-state index contributed by atoms with van der Waals surface area (Å²) in [6.45, 7) is 0. The Hall–Kier alpha value is -2.60. The van der Waals surface area contributed by atoms with Gasteiger partial charge >= 0.3 is 0 Å². The fraction of sp³-hybridized carbons (Fsp3) is 0. The second kappa shape index (κ2) is 6.03. The van der Waals surface area contributed by atoms with E-state index in [4.69, 9.17) is 11.6 Å². The quantitative estimate of drug-likeness (QED) is 0.513. The largest absolute Gasteiger partial charge is 0.507 e. The first-order valence-corrected chi connectivity index (χ1v) is 5.96. The number of nitrogens with zero attached hydrogens (tertiary/aromatic N) is 2. The highest BCUT2D eigenvalue weighted by Gasteiger charge is 2.08. The highest BCUT2D eigenvalue weighted by molar-refractivity contribution is 6.30. The maximum atomic E-state index is 10.6. The Kier molecular flexibility index (Phi) is 4.17. The first kappa shape index (κ1) is 13.8. The van der Waals surface area contributed by atoms with Crippen molar-refractivity contribution in [2.75, 3.05) is 5.43 Å². The van der Waals surface area contributed by atoms with Gasteiger partial charge in [-0.15, -0.1) is 0 Å². The van der Waals surface area contributed by atoms with Gasteiger partial charge in [-0.25, -0.2) is 0 Å². The van der Waals surface area contributed by atoms with Crippen LogP contribution < -0.4 is 5.43 Å². The molecule has 0 unspecified atom stereocenters. The van der Waals surface area contributed by atoms with E-state index < -0.39 is 4.92 Å². The number of non-ortho nitro benzene ring substituents is 1. The molecule has 0 aromatic heterocycles. The SMILES string of the molecule is O=[N+]([O-])c1ccc(O)c(/C=N\Nc2ccc(Cl)cc2)c1. The number of hydrogen-bond acceptors (Lipinski definition) is 5. The molecule has 102 valence electrons. The topological polar surface area (TPSA) is 87.8 Å². The number of hydrazone groups is 1. The van der Waals surface area contributed by atoms with Crippen LogP contribution in [0.15, 0.2) is 47.6 Å². The Balaban J connectivity index is 2.12. The van der Waals surface area contributed by atoms with Crippen LogP contribution in [0.1, 0.15) is 5.56 Å². The van der Waals surface area contributed by atoms with Crippen molar-refractivity contribution in [3.63, 3.8) is 0 Å². The molecule has 0 aliphatic rings. The summed E-state index contributed by atoms with van der Waals surface area (Å²) < 4.78 is 0. The molecule has 0 fully saturated rings. The minimum absolute atomic E-state index is 0.0859. The number of phenols is 1. The molecular formula is C13H10ClN3O3. The van der Waals surface area contributed by atoms with Crippen LogP contribution in [0.3, 0.4) is 0 Å². The zero-order chi connectivity index (χ0) is 14.5. The summed E-state index contributed by atoms with van der Waals surface area (Å²) in [6, 6.07) is 10.6. The van der Waals surface area contributed by atoms with Gasteiger partial charge in [0, 0.05) is 22.7 Å². The summed E-state index contributed by atoms with van der Waals surface area (Å²) in [5.41, 5.74) is 3.57. The van der Waals surface area contributed by atoms with E-state index in [1.54, 1.807) is 24.3 Å². The Morgan fingerprint density at radius 1 is 1.25 bits per heavy atom. The third-order valence-electron chi connectivity index (χ3n) is 2.46. The first-order valence-electron chi connectivity index (χ1n) is 5.58. The lowest BCUT2D eigenvalue weighted by atomic mass is 10.2. The van der Waals surface area contributed by atoms with E-state index in [2.05, 4.69) is 10.5 Å². The van der Waals surface area contributed by atoms with E-state index >= 15 is 0 Å². The monoisotopic (exact) mass is 291 g/mol. The molecule has 7 heteroatoms. The van der Waals surface area contributed by atoms with Crippen LogP contribution in [0.4, 0.5) is 11.4 Å². The molecule has 0 saturated heterocycles. The number of benzene rings is 2. The van der Waals surface area contributed by atoms with E-state index in [0.717, 1.165) is 0 Å². The third kappa shape index (κ3) is 3.46. The van der Waals surface area contributed by atoms with Gasteiger partial charge in [0.25, 0.3) is 5.69 Å². The van der Waals surface area contributed by atoms with Crippen molar-refractivity contribution in [2.24, 2.45) is 5.10 Å². The Morgan fingerprint density at radius 2 is 1.95 bits per heavy atom. The first-order chi connectivity index (χ1) is 9.56. The van der Waals surface area contributed by atoms with Crippen molar-refractivity contribution in [2.45, 2.75) is 0 Å². The summed E-state index contributed by atoms with van der Waals surface area (Å²) in [6.07, 6.45) is 1.30. The maximum Gasteiger partial charge on any atom is 0.270 e. The van der Waals surface area contributed by atoms with Gasteiger partial charge in [-0.2, -0.15) is 5.10 Å². The van der Waals surface area contributed by atoms with Crippen LogP contribution in [-0.2, 0) is 0 Å². The smallest absolute Gasteiger partial charge is 0.270 e. The van der Waals surface area contributed by atoms with Crippen molar-refractivity contribution in [1.82, 2.24) is 0 Å². The van der Waals surface area contributed by atoms with Crippen LogP contribution >= 0.6 is 11.6 Å². The highest BCUT2D eigenvalue weighted by Crippen LogP contribution is 2.21. The molecule has 0 aliphatic heterocycles. The number of rotatable bonds is 4. The highest BCUT2D eigenvalue weighted by atomic mass is 35.5. The van der Waals surface area contributed by atoms with Crippen LogP contribution in [0.5, 0.6) is 5.75 Å². The van der Waals surface area contributed by atoms with E-state index in [1.165, 1.54) is 24.4 Å². The number of nitrogens with one attached hydrogen (secondary N) is 1. The second-order valence-corrected chi connectivity index (χ2v) is 4.31. The van der Waals surface area contributed by atoms with Crippen LogP contribution in [0, 0.1) is 10.1 Å². The van der Waals surface area contributed by atoms with Gasteiger partial charge in [0.05, 0.1) is 16.8 Å². The summed E-state index contributed by atoms with van der Waals surface area (Å²) in [5.74, 6) is -0.0859. The zero-order valence-corrected chi connectivity index (χ0v) is 10.9. The molecule has 0 atom stereocenters. The molecule has 2 N–H and O–H groups in total. The molecule has 2 aromatic rings. The minimum atomic E-state index is -0.538. The summed E-state index contributed by atoms with van der Waals surface area (Å²) in [7, 11) is 0. The molecule has 0 bridgehead atoms. The van der Waals surface area contributed by atoms with Gasteiger partial charge in [-0.1, -0.05) is 11.6 Å². The van der Waals surface area contributed by atoms with Crippen LogP contribution in [0.25, 0.3) is 0 Å². The van der Waals surface area contributed by atoms with E-state index in [9.17, 15) is 15.2 Å². The Labute approximate surface area is 119 Å². The lowest BCUT2D eigenvalue weighted by molar-refractivity contribution is -0.384. The summed E-state index contributed by atoms with van der Waals surface area (Å²) >= 11 is 5.75. The predicted octanol–water partition coefficient (Wildman–Crippen LogP) is 3.40. The molecule has 6 nitrogen and oxygen atoms in total. The van der Waals surface area contributed by atoms with Crippen LogP contribution in [-0.4, -0.2) is 16.2 Å². The summed E-state index contributed by atoms with van der Waals surface area (Å²) in [5, 5.41) is 24.7. The molecule has 2 aromatic carbocycles. The van der Waals surface area contributed by atoms with Gasteiger partial charge in [0.15, 0.2) is 0 Å². The van der Waals surface area contributed by atoms with Crippen molar-refractivity contribution in [3.05, 3.63) is 63.2 Å². The predicted molar refractivity (Wildman–Crippen MR) is 77.4 cm³/mol. The molecule has 0 radical (unpaired) electrons. The van der Waals surface area contributed by atoms with Gasteiger partial charge in [-0.05, 0) is 30.3 Å². The Bertz CT molecular complexity index is 656. The van der Waals surface area contributed by atoms with Gasteiger partial charge in [0.1, 0.15) is 5.75 Å². The third-order valence-corrected chi connectivity index (χ3v) is 2.72. The average Bonchev–Trinajstić information content (AvgIpc) is 2.43. The molecule has 2 rings (SSSR count). The maximum absolute atomic E-state index is 10.6. The van der Waals surface area contributed by atoms with Crippen LogP contribution in [0.2, 0.25) is 5.02 Å². The number of phenolic OH excluding ortho intramolecular Hbond substituents is 1. The molecular weight excluding hydrogens is 282 g/mol. The lowest BCUT2D eigenvalue weighted by Gasteiger charge is -2.01. The Morgan fingerprint density at radius 3 is 2.60 bits per heavy atom. The number of aromatic hydroxyl groups is 1. The van der Waals surface area contributed by atoms with E-state index in [-0.39, 0.29) is 17.0 Å². The molecule has 0 amide bonds. The average molecular weight is 292 g/mol. The fourth-order valence-electron chi connectivity index (χ4n) is 1.46. The minimum Gasteiger partial charge on any atom is -0.507 e. The van der Waals surface area contributed by atoms with Crippen molar-refractivity contribution >= 4 is 29.2 Å². The molecule has 0 spiro atoms. The van der Waals surface area contributed by atoms with Gasteiger partial charge in [-0.3, -0.25) is 15.5 Å². The number of halogens is 1. The van der Waals surface area contributed by atoms with Crippen molar-refractivity contribution in [1.29, 1.82) is 0 Å². The number of hydrogen-bond donors (Lipinski definition) is 2. The van der Waals surface area contributed by atoms with E-state index in [1.807, 2.05) is 0 Å². The normalized spacial score (nSPS) is 10.7. The molecule has 0 saturated carbocycles. The zero-order valence-electron chi connectivity index (χ0n) is 10.2. The second-order valence-electron chi connectivity index (χ2n) is 3.88.